The fourth-order valence-electron chi connectivity index (χ4n) is 0.875. The molecule has 0 radical (unpaired) electrons. The minimum absolute atomic E-state index is 0.278. The van der Waals surface area contributed by atoms with Gasteiger partial charge >= 0.3 is 0 Å². The Labute approximate surface area is 78.0 Å². The van der Waals surface area contributed by atoms with E-state index in [0.717, 1.165) is 5.57 Å². The van der Waals surface area contributed by atoms with Crippen LogP contribution in [0, 0.1) is 0 Å². The van der Waals surface area contributed by atoms with E-state index in [9.17, 15) is 8.42 Å². The molecule has 0 aliphatic heterocycles. The summed E-state index contributed by atoms with van der Waals surface area (Å²) in [4.78, 5) is 4.27. The summed E-state index contributed by atoms with van der Waals surface area (Å²) in [6.07, 6.45) is 2.64. The topological polar surface area (TPSA) is 47.0 Å². The normalized spacial score (nSPS) is 11.2. The Morgan fingerprint density at radius 3 is 2.62 bits per heavy atom. The highest BCUT2D eigenvalue weighted by Crippen LogP contribution is 2.13. The Balaban J connectivity index is 3.29. The molecule has 1 aromatic heterocycles. The average molecular weight is 197 g/mol. The largest absolute Gasteiger partial charge is 0.257 e. The lowest BCUT2D eigenvalue weighted by Crippen LogP contribution is -1.98. The summed E-state index contributed by atoms with van der Waals surface area (Å²) in [6.45, 7) is 5.48. The van der Waals surface area contributed by atoms with Gasteiger partial charge in [0, 0.05) is 12.5 Å². The van der Waals surface area contributed by atoms with E-state index in [-0.39, 0.29) is 4.90 Å². The van der Waals surface area contributed by atoms with E-state index in [1.165, 1.54) is 24.6 Å². The van der Waals surface area contributed by atoms with E-state index in [4.69, 9.17) is 0 Å². The average Bonchev–Trinajstić information content (AvgIpc) is 2.03. The van der Waals surface area contributed by atoms with Gasteiger partial charge in [0.25, 0.3) is 0 Å². The van der Waals surface area contributed by atoms with Crippen LogP contribution in [0.3, 0.4) is 0 Å². The molecule has 70 valence electrons. The molecule has 0 atom stereocenters. The number of sulfone groups is 1. The number of hydrogen-bond donors (Lipinski definition) is 0. The van der Waals surface area contributed by atoms with Gasteiger partial charge in [-0.2, -0.15) is 0 Å². The second-order valence-electron chi connectivity index (χ2n) is 2.93. The smallest absolute Gasteiger partial charge is 0.175 e. The van der Waals surface area contributed by atoms with Crippen LogP contribution < -0.4 is 0 Å². The summed E-state index contributed by atoms with van der Waals surface area (Å²) in [5.74, 6) is 0. The van der Waals surface area contributed by atoms with Gasteiger partial charge in [0.1, 0.15) is 0 Å². The first kappa shape index (κ1) is 9.92. The number of nitrogens with zero attached hydrogens (tertiary/aromatic N) is 1. The molecule has 0 aliphatic rings. The molecule has 0 aliphatic carbocycles. The molecule has 0 spiro atoms. The Kier molecular flexibility index (Phi) is 2.52. The van der Waals surface area contributed by atoms with E-state index >= 15 is 0 Å². The third-order valence-corrected chi connectivity index (χ3v) is 2.71. The Morgan fingerprint density at radius 1 is 1.54 bits per heavy atom. The summed E-state index contributed by atoms with van der Waals surface area (Å²) in [7, 11) is -3.14. The van der Waals surface area contributed by atoms with E-state index in [1.807, 2.05) is 0 Å². The van der Waals surface area contributed by atoms with Crippen LogP contribution >= 0.6 is 0 Å². The first-order valence-electron chi connectivity index (χ1n) is 3.73. The molecule has 0 saturated heterocycles. The van der Waals surface area contributed by atoms with E-state index in [2.05, 4.69) is 11.6 Å². The third-order valence-electron chi connectivity index (χ3n) is 1.60. The van der Waals surface area contributed by atoms with Crippen LogP contribution in [0.5, 0.6) is 0 Å². The maximum absolute atomic E-state index is 11.2. The second-order valence-corrected chi connectivity index (χ2v) is 4.95. The minimum atomic E-state index is -3.14. The first-order chi connectivity index (χ1) is 5.91. The number of pyridine rings is 1. The molecule has 1 heterocycles. The Bertz CT molecular complexity index is 435. The number of hydrogen-bond acceptors (Lipinski definition) is 3. The predicted octanol–water partition coefficient (Wildman–Crippen LogP) is 1.52. The summed E-state index contributed by atoms with van der Waals surface area (Å²) in [6, 6.07) is 3.00. The van der Waals surface area contributed by atoms with E-state index in [0.29, 0.717) is 5.69 Å². The van der Waals surface area contributed by atoms with Gasteiger partial charge in [-0.1, -0.05) is 6.58 Å². The molecule has 0 fully saturated rings. The standard InChI is InChI=1S/C9H11NO2S/c1-7(2)9-6-8(4-5-10-9)13(3,11)12/h4-6H,1H2,2-3H3. The molecule has 0 saturated carbocycles. The van der Waals surface area contributed by atoms with Crippen LogP contribution in [0.4, 0.5) is 0 Å². The van der Waals surface area contributed by atoms with Crippen LogP contribution in [0.25, 0.3) is 5.57 Å². The quantitative estimate of drug-likeness (QED) is 0.722. The maximum Gasteiger partial charge on any atom is 0.175 e. The predicted molar refractivity (Wildman–Crippen MR) is 52.1 cm³/mol. The molecule has 4 heteroatoms. The van der Waals surface area contributed by atoms with Crippen molar-refractivity contribution >= 4 is 15.4 Å². The van der Waals surface area contributed by atoms with Crippen molar-refractivity contribution in [1.82, 2.24) is 4.98 Å². The number of allylic oxidation sites excluding steroid dienone is 1. The number of aromatic nitrogens is 1. The summed E-state index contributed by atoms with van der Waals surface area (Å²) < 4.78 is 22.3. The first-order valence-corrected chi connectivity index (χ1v) is 5.62. The second kappa shape index (κ2) is 3.30. The van der Waals surface area contributed by atoms with Gasteiger partial charge in [0.15, 0.2) is 9.84 Å². The maximum atomic E-state index is 11.2. The fourth-order valence-corrected chi connectivity index (χ4v) is 1.51. The van der Waals surface area contributed by atoms with Gasteiger partial charge in [-0.15, -0.1) is 0 Å². The fraction of sp³-hybridized carbons (Fsp3) is 0.222. The molecule has 1 rings (SSSR count). The van der Waals surface area contributed by atoms with Gasteiger partial charge in [0.05, 0.1) is 10.6 Å². The highest BCUT2D eigenvalue weighted by molar-refractivity contribution is 7.90. The van der Waals surface area contributed by atoms with Gasteiger partial charge in [-0.05, 0) is 24.6 Å². The molecular formula is C9H11NO2S. The van der Waals surface area contributed by atoms with Gasteiger partial charge in [-0.3, -0.25) is 4.98 Å². The van der Waals surface area contributed by atoms with Crippen LogP contribution in [-0.2, 0) is 9.84 Å². The molecule has 0 N–H and O–H groups in total. The summed E-state index contributed by atoms with van der Waals surface area (Å²) >= 11 is 0. The SMILES string of the molecule is C=C(C)c1cc(S(C)(=O)=O)ccn1. The molecule has 13 heavy (non-hydrogen) atoms. The Hall–Kier alpha value is -1.16. The highest BCUT2D eigenvalue weighted by atomic mass is 32.2. The summed E-state index contributed by atoms with van der Waals surface area (Å²) in [5, 5.41) is 0. The van der Waals surface area contributed by atoms with Crippen LogP contribution in [0.2, 0.25) is 0 Å². The van der Waals surface area contributed by atoms with Crippen LogP contribution in [0.1, 0.15) is 12.6 Å². The van der Waals surface area contributed by atoms with Gasteiger partial charge in [-0.25, -0.2) is 8.42 Å². The molecule has 0 aromatic carbocycles. The van der Waals surface area contributed by atoms with Gasteiger partial charge in [0.2, 0.25) is 0 Å². The van der Waals surface area contributed by atoms with Crippen molar-refractivity contribution in [3.05, 3.63) is 30.6 Å². The molecule has 3 nitrogen and oxygen atoms in total. The minimum Gasteiger partial charge on any atom is -0.257 e. The van der Waals surface area contributed by atoms with Crippen molar-refractivity contribution in [2.24, 2.45) is 0 Å². The summed E-state index contributed by atoms with van der Waals surface area (Å²) in [5.41, 5.74) is 1.37. The van der Waals surface area contributed by atoms with Crippen molar-refractivity contribution in [1.29, 1.82) is 0 Å². The molecular weight excluding hydrogens is 186 g/mol. The van der Waals surface area contributed by atoms with Crippen molar-refractivity contribution in [2.45, 2.75) is 11.8 Å². The van der Waals surface area contributed by atoms with Crippen molar-refractivity contribution in [3.63, 3.8) is 0 Å². The van der Waals surface area contributed by atoms with E-state index in [1.54, 1.807) is 6.92 Å². The monoisotopic (exact) mass is 197 g/mol. The van der Waals surface area contributed by atoms with E-state index < -0.39 is 9.84 Å². The zero-order valence-electron chi connectivity index (χ0n) is 7.61. The molecule has 0 unspecified atom stereocenters. The van der Waals surface area contributed by atoms with Crippen LogP contribution in [0.15, 0.2) is 29.8 Å². The zero-order chi connectivity index (χ0) is 10.1. The number of rotatable bonds is 2. The highest BCUT2D eigenvalue weighted by Gasteiger charge is 2.07. The molecule has 0 amide bonds. The lowest BCUT2D eigenvalue weighted by Gasteiger charge is -2.01. The van der Waals surface area contributed by atoms with Crippen molar-refractivity contribution in [3.8, 4) is 0 Å². The van der Waals surface area contributed by atoms with Crippen molar-refractivity contribution < 1.29 is 8.42 Å². The lowest BCUT2D eigenvalue weighted by atomic mass is 10.2. The molecule has 0 bridgehead atoms. The Morgan fingerprint density at radius 2 is 2.15 bits per heavy atom. The lowest BCUT2D eigenvalue weighted by molar-refractivity contribution is 0.601. The van der Waals surface area contributed by atoms with Crippen LogP contribution in [-0.4, -0.2) is 19.7 Å². The molecule has 1 aromatic rings. The van der Waals surface area contributed by atoms with Gasteiger partial charge < -0.3 is 0 Å². The third kappa shape index (κ3) is 2.39. The van der Waals surface area contributed by atoms with Crippen molar-refractivity contribution in [2.75, 3.05) is 6.26 Å². The zero-order valence-corrected chi connectivity index (χ0v) is 8.43.